The van der Waals surface area contributed by atoms with Crippen molar-refractivity contribution in [3.63, 3.8) is 0 Å². The molecule has 3 heteroatoms. The average molecular weight is 287 g/mol. The quantitative estimate of drug-likeness (QED) is 0.595. The van der Waals surface area contributed by atoms with Crippen LogP contribution in [0, 0.1) is 6.92 Å². The van der Waals surface area contributed by atoms with E-state index in [9.17, 15) is 0 Å². The number of H-pyrrole nitrogens is 1. The Morgan fingerprint density at radius 1 is 1.05 bits per heavy atom. The topological polar surface area (TPSA) is 33.6 Å². The van der Waals surface area contributed by atoms with Gasteiger partial charge >= 0.3 is 0 Å². The third-order valence-corrected chi connectivity index (χ3v) is 4.13. The maximum atomic E-state index is 4.16. The van der Waals surface area contributed by atoms with Crippen LogP contribution in [-0.4, -0.2) is 14.5 Å². The summed E-state index contributed by atoms with van der Waals surface area (Å²) < 4.78 is 2.11. The van der Waals surface area contributed by atoms with E-state index in [0.29, 0.717) is 0 Å². The molecule has 0 aliphatic heterocycles. The lowest BCUT2D eigenvalue weighted by molar-refractivity contribution is 0.804. The summed E-state index contributed by atoms with van der Waals surface area (Å²) in [6.07, 6.45) is 5.69. The molecule has 0 saturated carbocycles. The van der Waals surface area contributed by atoms with Crippen molar-refractivity contribution in [2.75, 3.05) is 0 Å². The number of nitrogens with one attached hydrogen (secondary N) is 1. The lowest BCUT2D eigenvalue weighted by atomic mass is 10.0. The molecule has 4 rings (SSSR count). The molecule has 0 saturated heterocycles. The molecule has 0 aliphatic carbocycles. The summed E-state index contributed by atoms with van der Waals surface area (Å²) in [4.78, 5) is 7.76. The first kappa shape index (κ1) is 12.9. The smallest absolute Gasteiger partial charge is 0.0949 e. The van der Waals surface area contributed by atoms with Gasteiger partial charge in [-0.15, -0.1) is 0 Å². The third kappa shape index (κ3) is 2.11. The Hall–Kier alpha value is -2.81. The second kappa shape index (κ2) is 5.19. The van der Waals surface area contributed by atoms with Gasteiger partial charge in [-0.2, -0.15) is 0 Å². The van der Waals surface area contributed by atoms with Crippen LogP contribution >= 0.6 is 0 Å². The first-order chi connectivity index (χ1) is 10.8. The number of hydrogen-bond donors (Lipinski definition) is 1. The standard InChI is InChI=1S/C19H17N3/c1-14-6-2-3-7-15(14)19-17(12-22-11-10-20-13-22)16-8-4-5-9-18(16)21-19/h2-11,13,21H,12H2,1H3. The highest BCUT2D eigenvalue weighted by atomic mass is 15.0. The van der Waals surface area contributed by atoms with Crippen LogP contribution in [0.2, 0.25) is 0 Å². The van der Waals surface area contributed by atoms with Gasteiger partial charge in [0.15, 0.2) is 0 Å². The van der Waals surface area contributed by atoms with Gasteiger partial charge in [-0.1, -0.05) is 42.5 Å². The van der Waals surface area contributed by atoms with Crippen LogP contribution in [0.4, 0.5) is 0 Å². The van der Waals surface area contributed by atoms with Gasteiger partial charge in [-0.05, 0) is 18.6 Å². The summed E-state index contributed by atoms with van der Waals surface area (Å²) >= 11 is 0. The zero-order valence-electron chi connectivity index (χ0n) is 12.5. The maximum Gasteiger partial charge on any atom is 0.0949 e. The van der Waals surface area contributed by atoms with E-state index in [2.05, 4.69) is 70.0 Å². The van der Waals surface area contributed by atoms with Gasteiger partial charge in [0.05, 0.1) is 18.6 Å². The lowest BCUT2D eigenvalue weighted by Crippen LogP contribution is -1.98. The van der Waals surface area contributed by atoms with E-state index >= 15 is 0 Å². The van der Waals surface area contributed by atoms with Crippen LogP contribution in [0.3, 0.4) is 0 Å². The minimum absolute atomic E-state index is 0.813. The summed E-state index contributed by atoms with van der Waals surface area (Å²) in [6.45, 7) is 2.97. The Morgan fingerprint density at radius 2 is 1.86 bits per heavy atom. The fraction of sp³-hybridized carbons (Fsp3) is 0.105. The molecule has 0 amide bonds. The summed E-state index contributed by atoms with van der Waals surface area (Å²) in [5, 5.41) is 1.27. The predicted octanol–water partition coefficient (Wildman–Crippen LogP) is 4.39. The van der Waals surface area contributed by atoms with Gasteiger partial charge in [0.25, 0.3) is 0 Å². The molecule has 3 nitrogen and oxygen atoms in total. The van der Waals surface area contributed by atoms with Crippen LogP contribution < -0.4 is 0 Å². The Bertz CT molecular complexity index is 917. The summed E-state index contributed by atoms with van der Waals surface area (Å²) in [5.41, 5.74) is 6.22. The van der Waals surface area contributed by atoms with Crippen molar-refractivity contribution in [3.8, 4) is 11.3 Å². The molecule has 2 aromatic carbocycles. The van der Waals surface area contributed by atoms with E-state index in [1.165, 1.54) is 33.3 Å². The molecule has 22 heavy (non-hydrogen) atoms. The van der Waals surface area contributed by atoms with Crippen LogP contribution in [-0.2, 0) is 6.54 Å². The molecule has 1 N–H and O–H groups in total. The number of aromatic nitrogens is 3. The van der Waals surface area contributed by atoms with Gasteiger partial charge < -0.3 is 9.55 Å². The monoisotopic (exact) mass is 287 g/mol. The van der Waals surface area contributed by atoms with Crippen LogP contribution in [0.1, 0.15) is 11.1 Å². The van der Waals surface area contributed by atoms with Gasteiger partial charge in [-0.3, -0.25) is 0 Å². The highest BCUT2D eigenvalue weighted by Crippen LogP contribution is 2.32. The highest BCUT2D eigenvalue weighted by Gasteiger charge is 2.14. The number of rotatable bonds is 3. The van der Waals surface area contributed by atoms with Crippen molar-refractivity contribution in [1.82, 2.24) is 14.5 Å². The molecule has 0 bridgehead atoms. The zero-order chi connectivity index (χ0) is 14.9. The van der Waals surface area contributed by atoms with Crippen LogP contribution in [0.15, 0.2) is 67.3 Å². The number of fused-ring (bicyclic) bond motifs is 1. The number of aryl methyl sites for hydroxylation is 1. The van der Waals surface area contributed by atoms with E-state index in [4.69, 9.17) is 0 Å². The minimum atomic E-state index is 0.813. The van der Waals surface area contributed by atoms with Crippen molar-refractivity contribution in [1.29, 1.82) is 0 Å². The van der Waals surface area contributed by atoms with Gasteiger partial charge in [0, 0.05) is 34.4 Å². The van der Waals surface area contributed by atoms with Crippen molar-refractivity contribution in [2.45, 2.75) is 13.5 Å². The molecule has 2 heterocycles. The molecular weight excluding hydrogens is 270 g/mol. The van der Waals surface area contributed by atoms with Crippen LogP contribution in [0.5, 0.6) is 0 Å². The molecular formula is C19H17N3. The number of imidazole rings is 1. The highest BCUT2D eigenvalue weighted by molar-refractivity contribution is 5.91. The number of para-hydroxylation sites is 1. The van der Waals surface area contributed by atoms with E-state index < -0.39 is 0 Å². The number of aromatic amines is 1. The SMILES string of the molecule is Cc1ccccc1-c1[nH]c2ccccc2c1Cn1ccnc1. The Morgan fingerprint density at radius 3 is 2.68 bits per heavy atom. The van der Waals surface area contributed by atoms with Crippen molar-refractivity contribution < 1.29 is 0 Å². The first-order valence-electron chi connectivity index (χ1n) is 7.44. The first-order valence-corrected chi connectivity index (χ1v) is 7.44. The molecule has 0 unspecified atom stereocenters. The van der Waals surface area contributed by atoms with E-state index in [-0.39, 0.29) is 0 Å². The Balaban J connectivity index is 1.95. The Labute approximate surface area is 129 Å². The second-order valence-corrected chi connectivity index (χ2v) is 5.57. The third-order valence-electron chi connectivity index (χ3n) is 4.13. The number of benzene rings is 2. The summed E-state index contributed by atoms with van der Waals surface area (Å²) in [7, 11) is 0. The van der Waals surface area contributed by atoms with E-state index in [1.54, 1.807) is 0 Å². The predicted molar refractivity (Wildman–Crippen MR) is 89.8 cm³/mol. The van der Waals surface area contributed by atoms with E-state index in [1.807, 2.05) is 18.7 Å². The summed E-state index contributed by atoms with van der Waals surface area (Å²) in [6, 6.07) is 17.0. The largest absolute Gasteiger partial charge is 0.354 e. The fourth-order valence-corrected chi connectivity index (χ4v) is 3.01. The molecule has 0 spiro atoms. The zero-order valence-corrected chi connectivity index (χ0v) is 12.5. The molecule has 0 fully saturated rings. The van der Waals surface area contributed by atoms with Crippen molar-refractivity contribution >= 4 is 10.9 Å². The molecule has 0 aliphatic rings. The van der Waals surface area contributed by atoms with Gasteiger partial charge in [-0.25, -0.2) is 4.98 Å². The second-order valence-electron chi connectivity index (χ2n) is 5.57. The van der Waals surface area contributed by atoms with E-state index in [0.717, 1.165) is 6.54 Å². The number of hydrogen-bond acceptors (Lipinski definition) is 1. The molecule has 0 atom stereocenters. The molecule has 0 radical (unpaired) electrons. The maximum absolute atomic E-state index is 4.16. The van der Waals surface area contributed by atoms with Crippen LogP contribution in [0.25, 0.3) is 22.2 Å². The minimum Gasteiger partial charge on any atom is -0.354 e. The fourth-order valence-electron chi connectivity index (χ4n) is 3.01. The number of nitrogens with zero attached hydrogens (tertiary/aromatic N) is 2. The Kier molecular flexibility index (Phi) is 3.04. The van der Waals surface area contributed by atoms with Gasteiger partial charge in [0.2, 0.25) is 0 Å². The normalized spacial score (nSPS) is 11.1. The molecule has 4 aromatic rings. The van der Waals surface area contributed by atoms with Gasteiger partial charge in [0.1, 0.15) is 0 Å². The molecule has 2 aromatic heterocycles. The lowest BCUT2D eigenvalue weighted by Gasteiger charge is -2.08. The van der Waals surface area contributed by atoms with Crippen molar-refractivity contribution in [2.24, 2.45) is 0 Å². The molecule has 108 valence electrons. The average Bonchev–Trinajstić information content (AvgIpc) is 3.17. The summed E-state index contributed by atoms with van der Waals surface area (Å²) in [5.74, 6) is 0. The van der Waals surface area contributed by atoms with Crippen molar-refractivity contribution in [3.05, 3.63) is 78.4 Å².